The summed E-state index contributed by atoms with van der Waals surface area (Å²) in [6.07, 6.45) is 2.43. The molecule has 0 aliphatic carbocycles. The predicted molar refractivity (Wildman–Crippen MR) is 130 cm³/mol. The van der Waals surface area contributed by atoms with Crippen molar-refractivity contribution in [2.75, 3.05) is 0 Å². The first-order valence-electron chi connectivity index (χ1n) is 10.4. The molecule has 6 nitrogen and oxygen atoms in total. The first-order chi connectivity index (χ1) is 15.7. The molecule has 33 heavy (non-hydrogen) atoms. The van der Waals surface area contributed by atoms with E-state index in [9.17, 15) is 17.9 Å². The predicted octanol–water partition coefficient (Wildman–Crippen LogP) is 4.93. The van der Waals surface area contributed by atoms with Gasteiger partial charge in [0.1, 0.15) is 5.82 Å². The van der Waals surface area contributed by atoms with E-state index in [4.69, 9.17) is 16.6 Å². The maximum atomic E-state index is 13.6. The third-order valence-corrected chi connectivity index (χ3v) is 6.72. The molecule has 2 aromatic carbocycles. The molecule has 0 fully saturated rings. The molecule has 9 heteroatoms. The monoisotopic (exact) mass is 487 g/mol. The smallest absolute Gasteiger partial charge is 0.250 e. The maximum Gasteiger partial charge on any atom is 0.250 e. The van der Waals surface area contributed by atoms with Crippen LogP contribution < -0.4 is 10.3 Å². The van der Waals surface area contributed by atoms with Crippen molar-refractivity contribution < 1.29 is 13.2 Å². The van der Waals surface area contributed by atoms with Crippen molar-refractivity contribution in [3.05, 3.63) is 92.1 Å². The van der Waals surface area contributed by atoms with Crippen molar-refractivity contribution in [3.8, 4) is 11.1 Å². The maximum absolute atomic E-state index is 13.6. The van der Waals surface area contributed by atoms with E-state index in [1.807, 2.05) is 13.0 Å². The molecule has 1 aliphatic rings. The van der Waals surface area contributed by atoms with Crippen LogP contribution in [0.1, 0.15) is 54.6 Å². The Balaban J connectivity index is 2.05. The summed E-state index contributed by atoms with van der Waals surface area (Å²) >= 11 is 4.41. The fourth-order valence-electron chi connectivity index (χ4n) is 4.14. The number of aromatic nitrogens is 1. The molecule has 0 saturated heterocycles. The van der Waals surface area contributed by atoms with E-state index in [2.05, 4.69) is 4.72 Å². The average Bonchev–Trinajstić information content (AvgIpc) is 2.88. The highest BCUT2D eigenvalue weighted by Crippen LogP contribution is 2.41. The minimum absolute atomic E-state index is 0.144. The second kappa shape index (κ2) is 9.30. The van der Waals surface area contributed by atoms with Crippen molar-refractivity contribution in [1.82, 2.24) is 9.29 Å². The number of fused-ring (bicyclic) bond motifs is 3. The minimum Gasteiger partial charge on any atom is -0.318 e. The SMILES string of the molecule is CCC1N=C(c2ccc(F)cc2)c2cc(Cl)c(C(C)NS(=O)O)cc2-c2cn(C)c(=O)cc21. The van der Waals surface area contributed by atoms with Crippen LogP contribution in [0.3, 0.4) is 0 Å². The molecule has 0 saturated carbocycles. The zero-order valence-corrected chi connectivity index (χ0v) is 19.9. The van der Waals surface area contributed by atoms with Gasteiger partial charge < -0.3 is 4.57 Å². The Kier molecular flexibility index (Phi) is 6.63. The van der Waals surface area contributed by atoms with Gasteiger partial charge in [-0.1, -0.05) is 18.5 Å². The Bertz CT molecular complexity index is 1340. The van der Waals surface area contributed by atoms with Gasteiger partial charge in [-0.15, -0.1) is 0 Å². The van der Waals surface area contributed by atoms with Crippen LogP contribution in [0.5, 0.6) is 0 Å². The van der Waals surface area contributed by atoms with Crippen LogP contribution in [0.15, 0.2) is 58.4 Å². The van der Waals surface area contributed by atoms with Gasteiger partial charge in [0.25, 0.3) is 5.56 Å². The zero-order valence-electron chi connectivity index (χ0n) is 18.3. The van der Waals surface area contributed by atoms with Gasteiger partial charge in [-0.3, -0.25) is 14.3 Å². The van der Waals surface area contributed by atoms with Crippen molar-refractivity contribution in [2.24, 2.45) is 12.0 Å². The number of hydrogen-bond donors (Lipinski definition) is 2. The van der Waals surface area contributed by atoms with Crippen molar-refractivity contribution in [3.63, 3.8) is 0 Å². The summed E-state index contributed by atoms with van der Waals surface area (Å²) in [7, 11) is 1.69. The van der Waals surface area contributed by atoms with Crippen molar-refractivity contribution in [2.45, 2.75) is 32.4 Å². The van der Waals surface area contributed by atoms with E-state index in [0.717, 1.165) is 27.8 Å². The number of aliphatic imine (C=N–C) groups is 1. The zero-order chi connectivity index (χ0) is 23.9. The van der Waals surface area contributed by atoms with Gasteiger partial charge in [0.15, 0.2) is 0 Å². The standard InChI is InChI=1S/C24H23ClFN3O3S/c1-4-22-18-11-23(30)29(3)12-20(18)17-9-16(13(2)28-33(31)32)21(25)10-19(17)24(27-22)14-5-7-15(26)8-6-14/h5-13,22,28H,4H2,1-3H3,(H,31,32). The minimum atomic E-state index is -2.22. The molecule has 2 heterocycles. The Labute approximate surface area is 198 Å². The molecule has 3 unspecified atom stereocenters. The Morgan fingerprint density at radius 3 is 2.55 bits per heavy atom. The summed E-state index contributed by atoms with van der Waals surface area (Å²) in [6.45, 7) is 3.73. The molecular weight excluding hydrogens is 465 g/mol. The number of halogens is 2. The number of rotatable bonds is 5. The van der Waals surface area contributed by atoms with Crippen molar-refractivity contribution in [1.29, 1.82) is 0 Å². The molecule has 2 N–H and O–H groups in total. The highest BCUT2D eigenvalue weighted by atomic mass is 35.5. The average molecular weight is 488 g/mol. The van der Waals surface area contributed by atoms with Gasteiger partial charge in [-0.2, -0.15) is 0 Å². The van der Waals surface area contributed by atoms with Crippen LogP contribution in [0.2, 0.25) is 5.02 Å². The van der Waals surface area contributed by atoms with Crippen LogP contribution in [-0.4, -0.2) is 19.0 Å². The molecule has 0 radical (unpaired) electrons. The first kappa shape index (κ1) is 23.5. The van der Waals surface area contributed by atoms with Crippen LogP contribution in [-0.2, 0) is 18.3 Å². The third-order valence-electron chi connectivity index (χ3n) is 5.83. The van der Waals surface area contributed by atoms with Crippen LogP contribution >= 0.6 is 11.6 Å². The van der Waals surface area contributed by atoms with E-state index in [-0.39, 0.29) is 17.4 Å². The topological polar surface area (TPSA) is 83.7 Å². The summed E-state index contributed by atoms with van der Waals surface area (Å²) in [5, 5.41) is 0.398. The number of benzene rings is 2. The lowest BCUT2D eigenvalue weighted by Crippen LogP contribution is -2.21. The number of pyridine rings is 1. The van der Waals surface area contributed by atoms with E-state index in [0.29, 0.717) is 22.7 Å². The summed E-state index contributed by atoms with van der Waals surface area (Å²) in [5.74, 6) is -0.350. The van der Waals surface area contributed by atoms with Crippen LogP contribution in [0.4, 0.5) is 4.39 Å². The normalized spacial score (nSPS) is 16.9. The number of nitrogens with zero attached hydrogens (tertiary/aromatic N) is 2. The summed E-state index contributed by atoms with van der Waals surface area (Å²) < 4.78 is 38.3. The number of hydrogen-bond acceptors (Lipinski definition) is 3. The van der Waals surface area contributed by atoms with Crippen LogP contribution in [0, 0.1) is 5.82 Å². The Hall–Kier alpha value is -2.65. The number of aryl methyl sites for hydroxylation is 1. The molecule has 1 aliphatic heterocycles. The van der Waals surface area contributed by atoms with E-state index in [1.54, 1.807) is 44.4 Å². The lowest BCUT2D eigenvalue weighted by Gasteiger charge is -2.19. The quantitative estimate of drug-likeness (QED) is 0.500. The van der Waals surface area contributed by atoms with E-state index >= 15 is 0 Å². The molecule has 3 atom stereocenters. The first-order valence-corrected chi connectivity index (χ1v) is 11.9. The second-order valence-corrected chi connectivity index (χ2v) is 9.15. The highest BCUT2D eigenvalue weighted by Gasteiger charge is 2.27. The lowest BCUT2D eigenvalue weighted by molar-refractivity contribution is 0.536. The molecule has 1 aromatic heterocycles. The highest BCUT2D eigenvalue weighted by molar-refractivity contribution is 7.77. The molecule has 4 rings (SSSR count). The fourth-order valence-corrected chi connectivity index (χ4v) is 4.90. The Morgan fingerprint density at radius 2 is 1.91 bits per heavy atom. The van der Waals surface area contributed by atoms with Gasteiger partial charge in [-0.05, 0) is 66.4 Å². The molecular formula is C24H23ClFN3O3S. The summed E-state index contributed by atoms with van der Waals surface area (Å²) in [4.78, 5) is 17.5. The second-order valence-electron chi connectivity index (χ2n) is 8.01. The van der Waals surface area contributed by atoms with Gasteiger partial charge in [-0.25, -0.2) is 13.3 Å². The largest absolute Gasteiger partial charge is 0.318 e. The molecule has 172 valence electrons. The van der Waals surface area contributed by atoms with Gasteiger partial charge in [0.05, 0.1) is 11.8 Å². The van der Waals surface area contributed by atoms with E-state index < -0.39 is 17.3 Å². The number of nitrogens with one attached hydrogen (secondary N) is 1. The van der Waals surface area contributed by atoms with Gasteiger partial charge in [0.2, 0.25) is 11.3 Å². The van der Waals surface area contributed by atoms with E-state index in [1.165, 1.54) is 16.7 Å². The molecule has 0 bridgehead atoms. The molecule has 0 spiro atoms. The summed E-state index contributed by atoms with van der Waals surface area (Å²) in [5.41, 5.74) is 5.00. The molecule has 0 amide bonds. The van der Waals surface area contributed by atoms with Gasteiger partial charge >= 0.3 is 0 Å². The Morgan fingerprint density at radius 1 is 1.21 bits per heavy atom. The summed E-state index contributed by atoms with van der Waals surface area (Å²) in [6, 6.07) is 10.5. The van der Waals surface area contributed by atoms with Gasteiger partial charge in [0, 0.05) is 47.1 Å². The fraction of sp³-hybridized carbons (Fsp3) is 0.250. The molecule has 3 aromatic rings. The lowest BCUT2D eigenvalue weighted by atomic mass is 9.89. The third kappa shape index (κ3) is 4.56. The van der Waals surface area contributed by atoms with Crippen molar-refractivity contribution >= 4 is 28.6 Å². The van der Waals surface area contributed by atoms with Crippen LogP contribution in [0.25, 0.3) is 11.1 Å².